The van der Waals surface area contributed by atoms with Gasteiger partial charge in [-0.2, -0.15) is 0 Å². The fraction of sp³-hybridized carbons (Fsp3) is 0.188. The Hall–Kier alpha value is -1.95. The van der Waals surface area contributed by atoms with Crippen LogP contribution < -0.4 is 5.32 Å². The van der Waals surface area contributed by atoms with Crippen molar-refractivity contribution in [3.05, 3.63) is 65.5 Å². The Morgan fingerprint density at radius 2 is 1.82 bits per heavy atom. The molecule has 0 atom stereocenters. The molecule has 0 aliphatic rings. The van der Waals surface area contributed by atoms with Crippen molar-refractivity contribution in [2.75, 3.05) is 12.3 Å². The molecule has 0 heterocycles. The first kappa shape index (κ1) is 16.4. The predicted molar refractivity (Wildman–Crippen MR) is 80.2 cm³/mol. The third-order valence-electron chi connectivity index (χ3n) is 2.93. The number of carbonyl (C=O) groups is 1. The highest BCUT2D eigenvalue weighted by atomic mass is 32.2. The Balaban J connectivity index is 1.75. The first-order valence-corrected chi connectivity index (χ1v) is 7.63. The zero-order valence-corrected chi connectivity index (χ0v) is 12.4. The van der Waals surface area contributed by atoms with Gasteiger partial charge in [-0.25, -0.2) is 13.2 Å². The van der Waals surface area contributed by atoms with Gasteiger partial charge in [0.15, 0.2) is 0 Å². The van der Waals surface area contributed by atoms with Crippen LogP contribution in [0.2, 0.25) is 0 Å². The van der Waals surface area contributed by atoms with E-state index in [2.05, 4.69) is 5.32 Å². The SMILES string of the molecule is O=C(CSc1ccc(F)cc1F)NCCc1ccccc1F. The van der Waals surface area contributed by atoms with Crippen molar-refractivity contribution in [2.45, 2.75) is 11.3 Å². The Bertz CT molecular complexity index is 664. The monoisotopic (exact) mass is 325 g/mol. The van der Waals surface area contributed by atoms with Gasteiger partial charge in [0.1, 0.15) is 17.5 Å². The summed E-state index contributed by atoms with van der Waals surface area (Å²) < 4.78 is 39.5. The molecule has 1 amide bonds. The largest absolute Gasteiger partial charge is 0.355 e. The van der Waals surface area contributed by atoms with E-state index in [-0.39, 0.29) is 22.4 Å². The number of hydrogen-bond acceptors (Lipinski definition) is 2. The number of rotatable bonds is 6. The number of benzene rings is 2. The number of hydrogen-bond donors (Lipinski definition) is 1. The first-order valence-electron chi connectivity index (χ1n) is 6.64. The molecule has 0 spiro atoms. The van der Waals surface area contributed by atoms with E-state index in [0.717, 1.165) is 23.9 Å². The lowest BCUT2D eigenvalue weighted by Gasteiger charge is -2.06. The van der Waals surface area contributed by atoms with E-state index in [1.807, 2.05) is 0 Å². The van der Waals surface area contributed by atoms with Crippen molar-refractivity contribution in [3.63, 3.8) is 0 Å². The summed E-state index contributed by atoms with van der Waals surface area (Å²) >= 11 is 0.985. The minimum absolute atomic E-state index is 0.0137. The topological polar surface area (TPSA) is 29.1 Å². The molecule has 0 aliphatic carbocycles. The van der Waals surface area contributed by atoms with E-state index >= 15 is 0 Å². The van der Waals surface area contributed by atoms with Gasteiger partial charge in [-0.05, 0) is 30.2 Å². The van der Waals surface area contributed by atoms with Gasteiger partial charge in [0.2, 0.25) is 5.91 Å². The van der Waals surface area contributed by atoms with Crippen LogP contribution in [0.15, 0.2) is 47.4 Å². The molecule has 0 unspecified atom stereocenters. The molecular weight excluding hydrogens is 311 g/mol. The molecule has 0 radical (unpaired) electrons. The van der Waals surface area contributed by atoms with Gasteiger partial charge in [-0.3, -0.25) is 4.79 Å². The Labute approximate surface area is 130 Å². The van der Waals surface area contributed by atoms with Crippen LogP contribution in [0.5, 0.6) is 0 Å². The highest BCUT2D eigenvalue weighted by Crippen LogP contribution is 2.21. The van der Waals surface area contributed by atoms with Gasteiger partial charge in [-0.1, -0.05) is 18.2 Å². The maximum absolute atomic E-state index is 13.4. The molecule has 0 saturated carbocycles. The molecular formula is C16H14F3NOS. The molecule has 2 nitrogen and oxygen atoms in total. The van der Waals surface area contributed by atoms with E-state index in [0.29, 0.717) is 18.5 Å². The van der Waals surface area contributed by atoms with Crippen molar-refractivity contribution >= 4 is 17.7 Å². The molecule has 22 heavy (non-hydrogen) atoms. The number of halogens is 3. The van der Waals surface area contributed by atoms with E-state index in [1.165, 1.54) is 12.1 Å². The molecule has 1 N–H and O–H groups in total. The van der Waals surface area contributed by atoms with Crippen molar-refractivity contribution in [1.29, 1.82) is 0 Å². The van der Waals surface area contributed by atoms with Crippen molar-refractivity contribution < 1.29 is 18.0 Å². The first-order chi connectivity index (χ1) is 10.6. The molecule has 0 aliphatic heterocycles. The standard InChI is InChI=1S/C16H14F3NOS/c17-12-5-6-15(14(19)9-12)22-10-16(21)20-8-7-11-3-1-2-4-13(11)18/h1-6,9H,7-8,10H2,(H,20,21). The molecule has 2 rings (SSSR count). The van der Waals surface area contributed by atoms with Crippen LogP contribution in [0.3, 0.4) is 0 Å². The third-order valence-corrected chi connectivity index (χ3v) is 3.98. The fourth-order valence-corrected chi connectivity index (χ4v) is 2.57. The van der Waals surface area contributed by atoms with Gasteiger partial charge >= 0.3 is 0 Å². The van der Waals surface area contributed by atoms with Gasteiger partial charge in [-0.15, -0.1) is 11.8 Å². The van der Waals surface area contributed by atoms with Crippen LogP contribution in [0.1, 0.15) is 5.56 Å². The smallest absolute Gasteiger partial charge is 0.230 e. The summed E-state index contributed by atoms with van der Waals surface area (Å²) in [5.74, 6) is -1.93. The molecule has 2 aromatic carbocycles. The lowest BCUT2D eigenvalue weighted by atomic mass is 10.1. The summed E-state index contributed by atoms with van der Waals surface area (Å²) in [6.07, 6.45) is 0.383. The van der Waals surface area contributed by atoms with Crippen LogP contribution in [0, 0.1) is 17.5 Å². The van der Waals surface area contributed by atoms with Crippen molar-refractivity contribution in [2.24, 2.45) is 0 Å². The van der Waals surface area contributed by atoms with Crippen molar-refractivity contribution in [3.8, 4) is 0 Å². The molecule has 0 saturated heterocycles. The molecule has 0 aromatic heterocycles. The van der Waals surface area contributed by atoms with Crippen molar-refractivity contribution in [1.82, 2.24) is 5.32 Å². The molecule has 0 fully saturated rings. The van der Waals surface area contributed by atoms with E-state index < -0.39 is 11.6 Å². The average molecular weight is 325 g/mol. The summed E-state index contributed by atoms with van der Waals surface area (Å²) in [4.78, 5) is 11.9. The minimum Gasteiger partial charge on any atom is -0.355 e. The number of carbonyl (C=O) groups excluding carboxylic acids is 1. The number of amides is 1. The maximum atomic E-state index is 13.4. The Kier molecular flexibility index (Phi) is 5.89. The Morgan fingerprint density at radius 3 is 2.55 bits per heavy atom. The summed E-state index contributed by atoms with van der Waals surface area (Å²) in [7, 11) is 0. The van der Waals surface area contributed by atoms with Gasteiger partial charge in [0, 0.05) is 17.5 Å². The normalized spacial score (nSPS) is 10.5. The average Bonchev–Trinajstić information content (AvgIpc) is 2.48. The van der Waals surface area contributed by atoms with Gasteiger partial charge in [0.25, 0.3) is 0 Å². The summed E-state index contributed by atoms with van der Waals surface area (Å²) in [6.45, 7) is 0.298. The second-order valence-electron chi connectivity index (χ2n) is 4.55. The van der Waals surface area contributed by atoms with Crippen LogP contribution in [0.25, 0.3) is 0 Å². The lowest BCUT2D eigenvalue weighted by Crippen LogP contribution is -2.27. The second-order valence-corrected chi connectivity index (χ2v) is 5.57. The summed E-state index contributed by atoms with van der Waals surface area (Å²) in [5, 5.41) is 2.64. The predicted octanol–water partition coefficient (Wildman–Crippen LogP) is 3.55. The van der Waals surface area contributed by atoms with E-state index in [4.69, 9.17) is 0 Å². The summed E-state index contributed by atoms with van der Waals surface area (Å²) in [5.41, 5.74) is 0.528. The lowest BCUT2D eigenvalue weighted by molar-refractivity contribution is -0.118. The number of nitrogens with one attached hydrogen (secondary N) is 1. The summed E-state index contributed by atoms with van der Waals surface area (Å²) in [6, 6.07) is 9.56. The molecule has 2 aromatic rings. The van der Waals surface area contributed by atoms with E-state index in [1.54, 1.807) is 18.2 Å². The van der Waals surface area contributed by atoms with Crippen LogP contribution in [-0.4, -0.2) is 18.2 Å². The Morgan fingerprint density at radius 1 is 1.05 bits per heavy atom. The third kappa shape index (κ3) is 4.80. The minimum atomic E-state index is -0.691. The van der Waals surface area contributed by atoms with Crippen LogP contribution >= 0.6 is 11.8 Å². The van der Waals surface area contributed by atoms with Crippen LogP contribution in [0.4, 0.5) is 13.2 Å². The van der Waals surface area contributed by atoms with Gasteiger partial charge in [0.05, 0.1) is 5.75 Å². The quantitative estimate of drug-likeness (QED) is 0.823. The molecule has 6 heteroatoms. The maximum Gasteiger partial charge on any atom is 0.230 e. The second kappa shape index (κ2) is 7.89. The molecule has 0 bridgehead atoms. The van der Waals surface area contributed by atoms with E-state index in [9.17, 15) is 18.0 Å². The zero-order chi connectivity index (χ0) is 15.9. The van der Waals surface area contributed by atoms with Crippen LogP contribution in [-0.2, 0) is 11.2 Å². The molecule has 116 valence electrons. The number of thioether (sulfide) groups is 1. The fourth-order valence-electron chi connectivity index (χ4n) is 1.82. The zero-order valence-electron chi connectivity index (χ0n) is 11.6. The highest BCUT2D eigenvalue weighted by Gasteiger charge is 2.08. The highest BCUT2D eigenvalue weighted by molar-refractivity contribution is 8.00. The van der Waals surface area contributed by atoms with Gasteiger partial charge < -0.3 is 5.32 Å².